The molecule has 94 valence electrons. The topological polar surface area (TPSA) is 32.3 Å². The first-order chi connectivity index (χ1) is 8.13. The van der Waals surface area contributed by atoms with Crippen molar-refractivity contribution in [3.8, 4) is 0 Å². The van der Waals surface area contributed by atoms with E-state index in [2.05, 4.69) is 31.3 Å². The van der Waals surface area contributed by atoms with Crippen molar-refractivity contribution in [3.05, 3.63) is 21.9 Å². The molecular weight excluding hydrogens is 232 g/mol. The van der Waals surface area contributed by atoms with E-state index in [-0.39, 0.29) is 18.0 Å². The molecule has 17 heavy (non-hydrogen) atoms. The van der Waals surface area contributed by atoms with Gasteiger partial charge in [-0.2, -0.15) is 0 Å². The van der Waals surface area contributed by atoms with Crippen LogP contribution < -0.4 is 5.32 Å². The van der Waals surface area contributed by atoms with Crippen LogP contribution in [-0.2, 0) is 4.79 Å². The molecule has 0 bridgehead atoms. The number of carbonyl (C=O) groups excluding carboxylic acids is 1. The minimum absolute atomic E-state index is 0.0310. The summed E-state index contributed by atoms with van der Waals surface area (Å²) in [5, 5.41) is 3.25. The van der Waals surface area contributed by atoms with Gasteiger partial charge in [-0.25, -0.2) is 0 Å². The predicted octanol–water partition coefficient (Wildman–Crippen LogP) is 2.33. The summed E-state index contributed by atoms with van der Waals surface area (Å²) in [5.74, 6) is 0.255. The second-order valence-electron chi connectivity index (χ2n) is 4.55. The zero-order valence-corrected chi connectivity index (χ0v) is 11.5. The summed E-state index contributed by atoms with van der Waals surface area (Å²) < 4.78 is 0. The molecule has 1 N–H and O–H groups in total. The Morgan fingerprint density at radius 1 is 1.59 bits per heavy atom. The van der Waals surface area contributed by atoms with E-state index in [0.717, 1.165) is 19.5 Å². The maximum atomic E-state index is 12.2. The second-order valence-corrected chi connectivity index (χ2v) is 5.87. The van der Waals surface area contributed by atoms with Crippen LogP contribution in [-0.4, -0.2) is 29.9 Å². The zero-order valence-electron chi connectivity index (χ0n) is 10.7. The molecule has 0 aromatic carbocycles. The lowest BCUT2D eigenvalue weighted by Gasteiger charge is -2.24. The summed E-state index contributed by atoms with van der Waals surface area (Å²) in [7, 11) is 0. The van der Waals surface area contributed by atoms with Crippen LogP contribution in [0.4, 0.5) is 0 Å². The number of nitrogens with one attached hydrogen (secondary N) is 1. The molecule has 1 aliphatic heterocycles. The van der Waals surface area contributed by atoms with Gasteiger partial charge in [-0.1, -0.05) is 6.92 Å². The van der Waals surface area contributed by atoms with Crippen molar-refractivity contribution < 1.29 is 4.79 Å². The van der Waals surface area contributed by atoms with Crippen LogP contribution in [0.1, 0.15) is 36.1 Å². The minimum Gasteiger partial charge on any atom is -0.334 e. The third-order valence-corrected chi connectivity index (χ3v) is 4.50. The number of carbonyl (C=O) groups is 1. The fourth-order valence-electron chi connectivity index (χ4n) is 2.35. The third kappa shape index (κ3) is 2.53. The summed E-state index contributed by atoms with van der Waals surface area (Å²) in [6.45, 7) is 8.00. The lowest BCUT2D eigenvalue weighted by molar-refractivity contribution is -0.131. The van der Waals surface area contributed by atoms with E-state index in [4.69, 9.17) is 0 Å². The van der Waals surface area contributed by atoms with Crippen LogP contribution in [0.15, 0.2) is 12.1 Å². The Labute approximate surface area is 107 Å². The normalized spacial score (nSPS) is 22.2. The maximum absolute atomic E-state index is 12.2. The number of nitrogens with zero attached hydrogens (tertiary/aromatic N) is 1. The Bertz CT molecular complexity index is 402. The number of rotatable bonds is 4. The van der Waals surface area contributed by atoms with Gasteiger partial charge < -0.3 is 10.2 Å². The van der Waals surface area contributed by atoms with Crippen LogP contribution in [0.2, 0.25) is 0 Å². The molecule has 2 heterocycles. The first-order valence-electron chi connectivity index (χ1n) is 6.23. The van der Waals surface area contributed by atoms with E-state index in [9.17, 15) is 4.79 Å². The summed E-state index contributed by atoms with van der Waals surface area (Å²) in [6.07, 6.45) is 0.932. The molecule has 0 aliphatic carbocycles. The molecular formula is C13H20N2OS. The molecule has 1 amide bonds. The zero-order chi connectivity index (χ0) is 12.4. The van der Waals surface area contributed by atoms with Crippen LogP contribution >= 0.6 is 11.3 Å². The quantitative estimate of drug-likeness (QED) is 0.892. The Balaban J connectivity index is 2.06. The van der Waals surface area contributed by atoms with Gasteiger partial charge in [0.1, 0.15) is 0 Å². The van der Waals surface area contributed by atoms with Crippen molar-refractivity contribution in [2.75, 3.05) is 13.1 Å². The van der Waals surface area contributed by atoms with Gasteiger partial charge in [0.05, 0.1) is 12.1 Å². The smallest absolute Gasteiger partial charge is 0.240 e. The van der Waals surface area contributed by atoms with Crippen LogP contribution in [0.5, 0.6) is 0 Å². The highest BCUT2D eigenvalue weighted by atomic mass is 32.1. The molecule has 3 nitrogen and oxygen atoms in total. The molecule has 2 atom stereocenters. The lowest BCUT2D eigenvalue weighted by atomic mass is 10.2. The molecule has 0 saturated carbocycles. The molecule has 1 aromatic rings. The SMILES string of the molecule is CCNC1CCN(C(C)c2ccc(C)s2)C1=O. The molecule has 0 spiro atoms. The molecule has 1 saturated heterocycles. The van der Waals surface area contributed by atoms with Gasteiger partial charge in [0.25, 0.3) is 0 Å². The third-order valence-electron chi connectivity index (χ3n) is 3.33. The number of hydrogen-bond acceptors (Lipinski definition) is 3. The molecule has 0 radical (unpaired) electrons. The second kappa shape index (κ2) is 5.19. The van der Waals surface area contributed by atoms with Gasteiger partial charge in [-0.3, -0.25) is 4.79 Å². The maximum Gasteiger partial charge on any atom is 0.240 e. The highest BCUT2D eigenvalue weighted by molar-refractivity contribution is 7.12. The summed E-state index contributed by atoms with van der Waals surface area (Å²) in [6, 6.07) is 4.51. The van der Waals surface area contributed by atoms with E-state index in [1.54, 1.807) is 11.3 Å². The molecule has 2 unspecified atom stereocenters. The van der Waals surface area contributed by atoms with Crippen LogP contribution in [0, 0.1) is 6.92 Å². The number of aryl methyl sites for hydroxylation is 1. The number of hydrogen-bond donors (Lipinski definition) is 1. The van der Waals surface area contributed by atoms with Crippen molar-refractivity contribution in [1.82, 2.24) is 10.2 Å². The van der Waals surface area contributed by atoms with Gasteiger partial charge in [-0.05, 0) is 38.9 Å². The Kier molecular flexibility index (Phi) is 3.84. The number of thiophene rings is 1. The summed E-state index contributed by atoms with van der Waals surface area (Å²) in [4.78, 5) is 16.8. The fraction of sp³-hybridized carbons (Fsp3) is 0.615. The highest BCUT2D eigenvalue weighted by Gasteiger charge is 2.34. The number of likely N-dealkylation sites (tertiary alicyclic amines) is 1. The lowest BCUT2D eigenvalue weighted by Crippen LogP contribution is -2.38. The van der Waals surface area contributed by atoms with E-state index in [1.807, 2.05) is 11.8 Å². The minimum atomic E-state index is 0.0310. The van der Waals surface area contributed by atoms with Crippen molar-refractivity contribution in [2.24, 2.45) is 0 Å². The Morgan fingerprint density at radius 2 is 2.35 bits per heavy atom. The summed E-state index contributed by atoms with van der Waals surface area (Å²) in [5.41, 5.74) is 0. The average Bonchev–Trinajstić information content (AvgIpc) is 2.87. The number of likely N-dealkylation sites (N-methyl/N-ethyl adjacent to an activating group) is 1. The first-order valence-corrected chi connectivity index (χ1v) is 7.05. The van der Waals surface area contributed by atoms with Crippen molar-refractivity contribution in [3.63, 3.8) is 0 Å². The summed E-state index contributed by atoms with van der Waals surface area (Å²) >= 11 is 1.79. The molecule has 2 rings (SSSR count). The van der Waals surface area contributed by atoms with Crippen molar-refractivity contribution >= 4 is 17.2 Å². The van der Waals surface area contributed by atoms with Gasteiger partial charge in [0, 0.05) is 16.3 Å². The van der Waals surface area contributed by atoms with Gasteiger partial charge in [0.15, 0.2) is 0 Å². The molecule has 4 heteroatoms. The Morgan fingerprint density at radius 3 is 2.94 bits per heavy atom. The molecule has 1 fully saturated rings. The highest BCUT2D eigenvalue weighted by Crippen LogP contribution is 2.30. The van der Waals surface area contributed by atoms with Crippen molar-refractivity contribution in [1.29, 1.82) is 0 Å². The van der Waals surface area contributed by atoms with E-state index in [0.29, 0.717) is 0 Å². The largest absolute Gasteiger partial charge is 0.334 e. The molecule has 1 aliphatic rings. The van der Waals surface area contributed by atoms with E-state index in [1.165, 1.54) is 9.75 Å². The van der Waals surface area contributed by atoms with E-state index < -0.39 is 0 Å². The fourth-order valence-corrected chi connectivity index (χ4v) is 3.30. The monoisotopic (exact) mass is 252 g/mol. The van der Waals surface area contributed by atoms with Gasteiger partial charge >= 0.3 is 0 Å². The standard InChI is InChI=1S/C13H20N2OS/c1-4-14-11-7-8-15(13(11)16)10(3)12-6-5-9(2)17-12/h5-6,10-11,14H,4,7-8H2,1-3H3. The predicted molar refractivity (Wildman–Crippen MR) is 71.3 cm³/mol. The van der Waals surface area contributed by atoms with Crippen LogP contribution in [0.3, 0.4) is 0 Å². The number of amides is 1. The Hall–Kier alpha value is -0.870. The van der Waals surface area contributed by atoms with Gasteiger partial charge in [0.2, 0.25) is 5.91 Å². The van der Waals surface area contributed by atoms with E-state index >= 15 is 0 Å². The first kappa shape index (κ1) is 12.6. The van der Waals surface area contributed by atoms with Crippen molar-refractivity contribution in [2.45, 2.75) is 39.3 Å². The van der Waals surface area contributed by atoms with Crippen LogP contribution in [0.25, 0.3) is 0 Å². The van der Waals surface area contributed by atoms with Gasteiger partial charge in [-0.15, -0.1) is 11.3 Å². The molecule has 1 aromatic heterocycles. The average molecular weight is 252 g/mol.